The summed E-state index contributed by atoms with van der Waals surface area (Å²) in [6.45, 7) is 22.2. The van der Waals surface area contributed by atoms with Crippen molar-refractivity contribution in [3.05, 3.63) is 71.8 Å². The largest absolute Gasteiger partial charge is 0.482 e. The molecule has 2 heterocycles. The third kappa shape index (κ3) is 8.06. The molecule has 0 radical (unpaired) electrons. The van der Waals surface area contributed by atoms with Gasteiger partial charge in [-0.2, -0.15) is 0 Å². The Kier molecular flexibility index (Phi) is 13.0. The summed E-state index contributed by atoms with van der Waals surface area (Å²) in [5.74, 6) is 1.64. The molecule has 0 aliphatic carbocycles. The van der Waals surface area contributed by atoms with Crippen LogP contribution in [0.5, 0.6) is 5.75 Å². The van der Waals surface area contributed by atoms with Crippen molar-refractivity contribution in [3.8, 4) is 5.75 Å². The maximum Gasteiger partial charge on any atom is 0.129 e. The zero-order valence-corrected chi connectivity index (χ0v) is 24.4. The third-order valence-corrected chi connectivity index (χ3v) is 7.69. The Morgan fingerprint density at radius 2 is 1.72 bits per heavy atom. The summed E-state index contributed by atoms with van der Waals surface area (Å²) in [5.41, 5.74) is 6.87. The fraction of sp³-hybridized carbons (Fsp3) is 0.455. The first-order valence-corrected chi connectivity index (χ1v) is 14.1. The molecule has 2 unspecified atom stereocenters. The number of fused-ring (bicyclic) bond motifs is 1. The molecule has 6 nitrogen and oxygen atoms in total. The van der Waals surface area contributed by atoms with Gasteiger partial charge in [0.1, 0.15) is 24.9 Å². The quantitative estimate of drug-likeness (QED) is 0.387. The van der Waals surface area contributed by atoms with E-state index in [4.69, 9.17) is 14.3 Å². The van der Waals surface area contributed by atoms with Gasteiger partial charge < -0.3 is 29.9 Å². The van der Waals surface area contributed by atoms with Gasteiger partial charge in [-0.25, -0.2) is 0 Å². The average molecular weight is 534 g/mol. The minimum atomic E-state index is -0.249. The summed E-state index contributed by atoms with van der Waals surface area (Å²) in [7, 11) is 0. The second-order valence-corrected chi connectivity index (χ2v) is 10.1. The summed E-state index contributed by atoms with van der Waals surface area (Å²) in [6, 6.07) is 15.6. The van der Waals surface area contributed by atoms with Crippen LogP contribution in [0, 0.1) is 5.92 Å². The molecule has 2 aliphatic rings. The first-order valence-electron chi connectivity index (χ1n) is 14.1. The third-order valence-electron chi connectivity index (χ3n) is 7.69. The Morgan fingerprint density at radius 3 is 2.36 bits per heavy atom. The number of benzene rings is 2. The van der Waals surface area contributed by atoms with E-state index in [1.807, 2.05) is 13.6 Å². The first-order chi connectivity index (χ1) is 19.0. The molecule has 4 rings (SSSR count). The fourth-order valence-corrected chi connectivity index (χ4v) is 5.14. The van der Waals surface area contributed by atoms with Crippen LogP contribution in [0.4, 0.5) is 5.69 Å². The predicted octanol–water partition coefficient (Wildman–Crippen LogP) is 6.42. The highest BCUT2D eigenvalue weighted by Gasteiger charge is 2.36. The van der Waals surface area contributed by atoms with Gasteiger partial charge in [0.05, 0.1) is 0 Å². The molecular formula is C33H47N3O3. The van der Waals surface area contributed by atoms with Gasteiger partial charge in [-0.05, 0) is 86.7 Å². The van der Waals surface area contributed by atoms with Gasteiger partial charge in [-0.3, -0.25) is 0 Å². The van der Waals surface area contributed by atoms with E-state index in [2.05, 4.69) is 98.3 Å². The van der Waals surface area contributed by atoms with Crippen molar-refractivity contribution in [1.29, 1.82) is 0 Å². The zero-order valence-electron chi connectivity index (χ0n) is 24.4. The molecule has 212 valence electrons. The number of hydrogen-bond donors (Lipinski definition) is 2. The van der Waals surface area contributed by atoms with E-state index in [-0.39, 0.29) is 5.60 Å². The van der Waals surface area contributed by atoms with Gasteiger partial charge in [-0.1, -0.05) is 51.1 Å². The smallest absolute Gasteiger partial charge is 0.129 e. The van der Waals surface area contributed by atoms with Crippen LogP contribution in [-0.2, 0) is 9.59 Å². The second kappa shape index (κ2) is 15.9. The van der Waals surface area contributed by atoms with Crippen molar-refractivity contribution in [2.24, 2.45) is 5.92 Å². The normalized spacial score (nSPS) is 18.4. The highest BCUT2D eigenvalue weighted by molar-refractivity contribution is 5.86. The maximum atomic E-state index is 8.00. The minimum Gasteiger partial charge on any atom is -0.482 e. The average Bonchev–Trinajstić information content (AvgIpc) is 3.23. The molecule has 2 aliphatic heterocycles. The lowest BCUT2D eigenvalue weighted by Crippen LogP contribution is -2.37. The van der Waals surface area contributed by atoms with Gasteiger partial charge in [0, 0.05) is 43.0 Å². The molecule has 2 atom stereocenters. The first kappa shape index (κ1) is 31.8. The monoisotopic (exact) mass is 533 g/mol. The summed E-state index contributed by atoms with van der Waals surface area (Å²) >= 11 is 0. The standard InChI is InChI=1S/C31H43N3O.2CH2O/c1-6-23(4)22-33-27-14-15-30-28(20-27)29(21-31(35-30)16-9-18-32-19-17-31)26-12-10-25(11-13-26)24(5)34(7-2)8-3;2*1-2/h10-15,20-21,23,32-33H,5-9,16-19,22H2,1-4H3;2*1H2. The Balaban J connectivity index is 0.00000127. The molecule has 1 spiro atoms. The molecule has 0 aromatic heterocycles. The summed E-state index contributed by atoms with van der Waals surface area (Å²) in [5, 5.41) is 7.19. The van der Waals surface area contributed by atoms with E-state index in [1.54, 1.807) is 0 Å². The molecule has 0 saturated carbocycles. The van der Waals surface area contributed by atoms with Crippen LogP contribution >= 0.6 is 0 Å². The molecule has 0 amide bonds. The fourth-order valence-electron chi connectivity index (χ4n) is 5.14. The van der Waals surface area contributed by atoms with Crippen LogP contribution in [0.15, 0.2) is 55.1 Å². The van der Waals surface area contributed by atoms with Gasteiger partial charge in [0.2, 0.25) is 0 Å². The van der Waals surface area contributed by atoms with E-state index in [0.717, 1.165) is 69.1 Å². The van der Waals surface area contributed by atoms with Gasteiger partial charge in [0.15, 0.2) is 0 Å². The number of ether oxygens (including phenoxy) is 1. The summed E-state index contributed by atoms with van der Waals surface area (Å²) < 4.78 is 6.75. The lowest BCUT2D eigenvalue weighted by atomic mass is 9.84. The van der Waals surface area contributed by atoms with Crippen LogP contribution in [0.3, 0.4) is 0 Å². The number of rotatable bonds is 9. The van der Waals surface area contributed by atoms with Gasteiger partial charge >= 0.3 is 0 Å². The highest BCUT2D eigenvalue weighted by atomic mass is 16.5. The van der Waals surface area contributed by atoms with Crippen molar-refractivity contribution in [3.63, 3.8) is 0 Å². The van der Waals surface area contributed by atoms with Gasteiger partial charge in [-0.15, -0.1) is 0 Å². The lowest BCUT2D eigenvalue weighted by Gasteiger charge is -2.37. The maximum absolute atomic E-state index is 8.00. The Bertz CT molecular complexity index is 1070. The second-order valence-electron chi connectivity index (χ2n) is 10.1. The van der Waals surface area contributed by atoms with E-state index in [1.165, 1.54) is 28.7 Å². The number of hydrogen-bond acceptors (Lipinski definition) is 6. The number of nitrogens with zero attached hydrogens (tertiary/aromatic N) is 1. The zero-order chi connectivity index (χ0) is 28.8. The lowest BCUT2D eigenvalue weighted by molar-refractivity contribution is -0.0987. The highest BCUT2D eigenvalue weighted by Crippen LogP contribution is 2.44. The molecule has 2 aromatic carbocycles. The van der Waals surface area contributed by atoms with E-state index >= 15 is 0 Å². The van der Waals surface area contributed by atoms with Crippen molar-refractivity contribution < 1.29 is 14.3 Å². The molecule has 2 N–H and O–H groups in total. The molecule has 39 heavy (non-hydrogen) atoms. The summed E-state index contributed by atoms with van der Waals surface area (Å²) in [4.78, 5) is 18.3. The molecular weight excluding hydrogens is 486 g/mol. The molecule has 6 heteroatoms. The van der Waals surface area contributed by atoms with Crippen LogP contribution in [0.25, 0.3) is 11.3 Å². The van der Waals surface area contributed by atoms with Crippen molar-refractivity contribution >= 4 is 30.5 Å². The number of nitrogens with one attached hydrogen (secondary N) is 2. The molecule has 2 aromatic rings. The van der Waals surface area contributed by atoms with Crippen LogP contribution in [0.2, 0.25) is 0 Å². The van der Waals surface area contributed by atoms with Crippen LogP contribution < -0.4 is 15.4 Å². The van der Waals surface area contributed by atoms with E-state index < -0.39 is 0 Å². The SMILES string of the molecule is C=C(c1ccc(C2=CC3(CCCNCC3)Oc3ccc(NCC(C)CC)cc32)cc1)N(CC)CC.C=O.C=O. The van der Waals surface area contributed by atoms with E-state index in [0.29, 0.717) is 5.92 Å². The summed E-state index contributed by atoms with van der Waals surface area (Å²) in [6.07, 6.45) is 6.73. The Hall–Kier alpha value is -3.38. The molecule has 1 saturated heterocycles. The predicted molar refractivity (Wildman–Crippen MR) is 164 cm³/mol. The van der Waals surface area contributed by atoms with Crippen LogP contribution in [0.1, 0.15) is 70.1 Å². The number of carbonyl (C=O) groups excluding carboxylic acids is 2. The molecule has 0 bridgehead atoms. The number of carbonyl (C=O) groups is 2. The topological polar surface area (TPSA) is 70.7 Å². The van der Waals surface area contributed by atoms with Crippen molar-refractivity contribution in [2.45, 2.75) is 59.0 Å². The Morgan fingerprint density at radius 1 is 1.03 bits per heavy atom. The molecule has 1 fully saturated rings. The van der Waals surface area contributed by atoms with Crippen LogP contribution in [-0.4, -0.2) is 56.8 Å². The number of anilines is 1. The Labute approximate surface area is 235 Å². The van der Waals surface area contributed by atoms with Gasteiger partial charge in [0.25, 0.3) is 0 Å². The van der Waals surface area contributed by atoms with Crippen molar-refractivity contribution in [2.75, 3.05) is 38.0 Å². The van der Waals surface area contributed by atoms with Crippen molar-refractivity contribution in [1.82, 2.24) is 10.2 Å². The minimum absolute atomic E-state index is 0.249. The van der Waals surface area contributed by atoms with E-state index in [9.17, 15) is 0 Å².